The van der Waals surface area contributed by atoms with E-state index in [-0.39, 0.29) is 5.78 Å². The summed E-state index contributed by atoms with van der Waals surface area (Å²) < 4.78 is 12.1. The highest BCUT2D eigenvalue weighted by atomic mass is 31.2. The Labute approximate surface area is 113 Å². The number of ketones is 1. The molecule has 2 aromatic rings. The predicted molar refractivity (Wildman–Crippen MR) is 80.1 cm³/mol. The Bertz CT molecular complexity index is 654. The molecule has 0 aliphatic rings. The number of carbonyl (C=O) groups is 1. The van der Waals surface area contributed by atoms with E-state index in [1.54, 1.807) is 31.5 Å². The zero-order valence-corrected chi connectivity index (χ0v) is 12.3. The van der Waals surface area contributed by atoms with Crippen LogP contribution in [0.5, 0.6) is 0 Å². The topological polar surface area (TPSA) is 34.1 Å². The molecule has 2 aromatic carbocycles. The second-order valence-electron chi connectivity index (χ2n) is 5.05. The van der Waals surface area contributed by atoms with Crippen molar-refractivity contribution in [3.8, 4) is 0 Å². The molecule has 0 fully saturated rings. The molecule has 0 spiro atoms. The quantitative estimate of drug-likeness (QED) is 0.633. The Morgan fingerprint density at radius 1 is 1.00 bits per heavy atom. The minimum Gasteiger partial charge on any atom is -0.319 e. The van der Waals surface area contributed by atoms with Gasteiger partial charge in [-0.05, 0) is 31.9 Å². The van der Waals surface area contributed by atoms with Gasteiger partial charge in [-0.15, -0.1) is 0 Å². The third-order valence-corrected chi connectivity index (χ3v) is 4.65. The highest BCUT2D eigenvalue weighted by molar-refractivity contribution is 7.70. The average Bonchev–Trinajstić information content (AvgIpc) is 2.38. The lowest BCUT2D eigenvalue weighted by Crippen LogP contribution is -2.10. The van der Waals surface area contributed by atoms with Gasteiger partial charge in [0.2, 0.25) is 0 Å². The monoisotopic (exact) mass is 272 g/mol. The summed E-state index contributed by atoms with van der Waals surface area (Å²) in [4.78, 5) is 12.5. The SMILES string of the molecule is Cc1ccc(P(C)(C)=O)cc1C(=O)c1ccccc1. The molecule has 19 heavy (non-hydrogen) atoms. The summed E-state index contributed by atoms with van der Waals surface area (Å²) in [7, 11) is -2.35. The van der Waals surface area contributed by atoms with E-state index >= 15 is 0 Å². The molecule has 2 rings (SSSR count). The van der Waals surface area contributed by atoms with Crippen molar-refractivity contribution in [2.75, 3.05) is 13.3 Å². The number of benzene rings is 2. The van der Waals surface area contributed by atoms with Crippen LogP contribution in [0.4, 0.5) is 0 Å². The summed E-state index contributed by atoms with van der Waals surface area (Å²) in [6.45, 7) is 5.33. The molecule has 98 valence electrons. The highest BCUT2D eigenvalue weighted by Gasteiger charge is 2.16. The predicted octanol–water partition coefficient (Wildman–Crippen LogP) is 3.47. The first-order valence-electron chi connectivity index (χ1n) is 6.15. The summed E-state index contributed by atoms with van der Waals surface area (Å²) in [6.07, 6.45) is 0. The second kappa shape index (κ2) is 5.14. The lowest BCUT2D eigenvalue weighted by molar-refractivity contribution is 0.103. The summed E-state index contributed by atoms with van der Waals surface area (Å²) >= 11 is 0. The maximum atomic E-state index is 12.5. The van der Waals surface area contributed by atoms with Crippen LogP contribution >= 0.6 is 7.14 Å². The first-order chi connectivity index (χ1) is 8.89. The van der Waals surface area contributed by atoms with E-state index in [0.717, 1.165) is 10.9 Å². The number of hydrogen-bond donors (Lipinski definition) is 0. The molecular formula is C16H17O2P. The first-order valence-corrected chi connectivity index (χ1v) is 8.75. The number of hydrogen-bond acceptors (Lipinski definition) is 2. The van der Waals surface area contributed by atoms with Crippen molar-refractivity contribution < 1.29 is 9.36 Å². The number of aryl methyl sites for hydroxylation is 1. The van der Waals surface area contributed by atoms with Gasteiger partial charge in [0.05, 0.1) is 0 Å². The van der Waals surface area contributed by atoms with Crippen LogP contribution in [0.25, 0.3) is 0 Å². The molecule has 3 heteroatoms. The molecular weight excluding hydrogens is 255 g/mol. The smallest absolute Gasteiger partial charge is 0.193 e. The third kappa shape index (κ3) is 3.02. The van der Waals surface area contributed by atoms with Gasteiger partial charge in [-0.25, -0.2) is 0 Å². The molecule has 0 bridgehead atoms. The zero-order valence-electron chi connectivity index (χ0n) is 11.4. The lowest BCUT2D eigenvalue weighted by Gasteiger charge is -2.11. The molecule has 0 atom stereocenters. The van der Waals surface area contributed by atoms with E-state index in [4.69, 9.17) is 0 Å². The maximum absolute atomic E-state index is 12.5. The molecule has 0 saturated heterocycles. The summed E-state index contributed by atoms with van der Waals surface area (Å²) in [6, 6.07) is 14.6. The number of carbonyl (C=O) groups excluding carboxylic acids is 1. The second-order valence-corrected chi connectivity index (χ2v) is 8.26. The van der Waals surface area contributed by atoms with Crippen LogP contribution in [0.1, 0.15) is 21.5 Å². The van der Waals surface area contributed by atoms with Crippen LogP contribution in [0.15, 0.2) is 48.5 Å². The molecule has 0 radical (unpaired) electrons. The van der Waals surface area contributed by atoms with E-state index < -0.39 is 7.14 Å². The fourth-order valence-corrected chi connectivity index (χ4v) is 2.81. The fraction of sp³-hybridized carbons (Fsp3) is 0.188. The Kier molecular flexibility index (Phi) is 3.73. The molecule has 0 unspecified atom stereocenters. The Hall–Kier alpha value is -1.66. The Morgan fingerprint density at radius 2 is 1.63 bits per heavy atom. The van der Waals surface area contributed by atoms with Crippen LogP contribution in [0.3, 0.4) is 0 Å². The highest BCUT2D eigenvalue weighted by Crippen LogP contribution is 2.35. The van der Waals surface area contributed by atoms with Gasteiger partial charge < -0.3 is 4.57 Å². The molecule has 0 amide bonds. The zero-order chi connectivity index (χ0) is 14.0. The normalized spacial score (nSPS) is 11.3. The van der Waals surface area contributed by atoms with E-state index in [9.17, 15) is 9.36 Å². The van der Waals surface area contributed by atoms with Crippen LogP contribution in [0, 0.1) is 6.92 Å². The summed E-state index contributed by atoms with van der Waals surface area (Å²) in [5, 5.41) is 0.748. The van der Waals surface area contributed by atoms with E-state index in [0.29, 0.717) is 11.1 Å². The van der Waals surface area contributed by atoms with Crippen molar-refractivity contribution in [3.05, 3.63) is 65.2 Å². The van der Waals surface area contributed by atoms with Crippen molar-refractivity contribution in [2.45, 2.75) is 6.92 Å². The molecule has 0 aromatic heterocycles. The van der Waals surface area contributed by atoms with Gasteiger partial charge in [0.15, 0.2) is 5.78 Å². The van der Waals surface area contributed by atoms with E-state index in [1.807, 2.05) is 37.3 Å². The van der Waals surface area contributed by atoms with Crippen LogP contribution < -0.4 is 5.30 Å². The molecule has 0 aliphatic heterocycles. The van der Waals surface area contributed by atoms with Gasteiger partial charge in [-0.1, -0.05) is 42.5 Å². The van der Waals surface area contributed by atoms with Crippen LogP contribution in [0.2, 0.25) is 0 Å². The van der Waals surface area contributed by atoms with Gasteiger partial charge >= 0.3 is 0 Å². The van der Waals surface area contributed by atoms with Gasteiger partial charge in [-0.3, -0.25) is 4.79 Å². The maximum Gasteiger partial charge on any atom is 0.193 e. The Balaban J connectivity index is 2.51. The van der Waals surface area contributed by atoms with Crippen LogP contribution in [-0.4, -0.2) is 19.1 Å². The Morgan fingerprint density at radius 3 is 2.21 bits per heavy atom. The molecule has 0 aliphatic carbocycles. The van der Waals surface area contributed by atoms with Crippen molar-refractivity contribution in [1.29, 1.82) is 0 Å². The van der Waals surface area contributed by atoms with Crippen LogP contribution in [-0.2, 0) is 4.57 Å². The molecule has 0 saturated carbocycles. The largest absolute Gasteiger partial charge is 0.319 e. The lowest BCUT2D eigenvalue weighted by atomic mass is 9.99. The molecule has 2 nitrogen and oxygen atoms in total. The van der Waals surface area contributed by atoms with Crippen molar-refractivity contribution in [3.63, 3.8) is 0 Å². The molecule has 0 N–H and O–H groups in total. The van der Waals surface area contributed by atoms with Gasteiger partial charge in [0, 0.05) is 16.4 Å². The van der Waals surface area contributed by atoms with Gasteiger partial charge in [0.25, 0.3) is 0 Å². The van der Waals surface area contributed by atoms with Gasteiger partial charge in [0.1, 0.15) is 7.14 Å². The van der Waals surface area contributed by atoms with Gasteiger partial charge in [-0.2, -0.15) is 0 Å². The van der Waals surface area contributed by atoms with Crippen molar-refractivity contribution in [2.24, 2.45) is 0 Å². The first kappa shape index (κ1) is 13.8. The standard InChI is InChI=1S/C16H17O2P/c1-12-9-10-14(19(2,3)18)11-15(12)16(17)13-7-5-4-6-8-13/h4-11H,1-3H3. The summed E-state index contributed by atoms with van der Waals surface area (Å²) in [5.74, 6) is -0.0200. The average molecular weight is 272 g/mol. The van der Waals surface area contributed by atoms with Crippen molar-refractivity contribution in [1.82, 2.24) is 0 Å². The number of rotatable bonds is 3. The molecule has 0 heterocycles. The van der Waals surface area contributed by atoms with E-state index in [1.165, 1.54) is 0 Å². The fourth-order valence-electron chi connectivity index (χ4n) is 1.93. The minimum atomic E-state index is -2.35. The minimum absolute atomic E-state index is 0.0200. The van der Waals surface area contributed by atoms with E-state index in [2.05, 4.69) is 0 Å². The summed E-state index contributed by atoms with van der Waals surface area (Å²) in [5.41, 5.74) is 2.20. The third-order valence-electron chi connectivity index (χ3n) is 3.12. The van der Waals surface area contributed by atoms with Crippen molar-refractivity contribution >= 4 is 18.2 Å².